The Morgan fingerprint density at radius 3 is 2.83 bits per heavy atom. The number of imidazole rings is 1. The normalized spacial score (nSPS) is 10.7. The highest BCUT2D eigenvalue weighted by atomic mass is 79.9. The van der Waals surface area contributed by atoms with Gasteiger partial charge in [0.05, 0.1) is 11.9 Å². The fraction of sp³-hybridized carbons (Fsp3) is 0. The predicted octanol–water partition coefficient (Wildman–Crippen LogP) is 3.58. The summed E-state index contributed by atoms with van der Waals surface area (Å²) in [7, 11) is 0. The number of aromatic nitrogens is 2. The molecule has 0 aliphatic rings. The average Bonchev–Trinajstić information content (AvgIpc) is 2.81. The van der Waals surface area contributed by atoms with E-state index in [1.54, 1.807) is 12.3 Å². The zero-order valence-corrected chi connectivity index (χ0v) is 11.0. The summed E-state index contributed by atoms with van der Waals surface area (Å²) in [5.41, 5.74) is 3.32. The smallest absolute Gasteiger partial charge is 0.150 e. The Balaban J connectivity index is 2.31. The second-order valence-electron chi connectivity index (χ2n) is 3.92. The first kappa shape index (κ1) is 11.2. The number of benzene rings is 1. The maximum atomic E-state index is 11.1. The van der Waals surface area contributed by atoms with Crippen LogP contribution in [0.4, 0.5) is 0 Å². The Bertz CT molecular complexity index is 733. The molecule has 0 aliphatic heterocycles. The van der Waals surface area contributed by atoms with E-state index < -0.39 is 0 Å². The van der Waals surface area contributed by atoms with E-state index in [1.807, 2.05) is 40.9 Å². The van der Waals surface area contributed by atoms with Crippen molar-refractivity contribution in [1.29, 1.82) is 0 Å². The number of hydrogen-bond donors (Lipinski definition) is 0. The van der Waals surface area contributed by atoms with Crippen molar-refractivity contribution in [3.05, 3.63) is 58.8 Å². The van der Waals surface area contributed by atoms with Gasteiger partial charge in [0.15, 0.2) is 6.29 Å². The zero-order chi connectivity index (χ0) is 12.5. The minimum atomic E-state index is 0.666. The van der Waals surface area contributed by atoms with E-state index in [0.29, 0.717) is 5.56 Å². The fourth-order valence-corrected chi connectivity index (χ4v) is 2.32. The number of halogens is 1. The Kier molecular flexibility index (Phi) is 2.72. The van der Waals surface area contributed by atoms with E-state index in [-0.39, 0.29) is 0 Å². The standard InChI is InChI=1S/C14H9BrN2O/c15-11-5-6-14-16-7-13(17(14)8-11)12-4-2-1-3-10(12)9-18/h1-9H. The molecule has 0 spiro atoms. The van der Waals surface area contributed by atoms with Gasteiger partial charge >= 0.3 is 0 Å². The largest absolute Gasteiger partial charge is 0.299 e. The molecule has 3 nitrogen and oxygen atoms in total. The highest BCUT2D eigenvalue weighted by Gasteiger charge is 2.09. The van der Waals surface area contributed by atoms with Crippen molar-refractivity contribution in [2.75, 3.05) is 0 Å². The van der Waals surface area contributed by atoms with Crippen LogP contribution < -0.4 is 0 Å². The van der Waals surface area contributed by atoms with E-state index in [0.717, 1.165) is 27.7 Å². The minimum absolute atomic E-state index is 0.666. The number of nitrogens with zero attached hydrogens (tertiary/aromatic N) is 2. The molecule has 18 heavy (non-hydrogen) atoms. The molecule has 0 amide bonds. The summed E-state index contributed by atoms with van der Waals surface area (Å²) in [4.78, 5) is 15.4. The molecular formula is C14H9BrN2O. The maximum Gasteiger partial charge on any atom is 0.150 e. The lowest BCUT2D eigenvalue weighted by atomic mass is 10.1. The van der Waals surface area contributed by atoms with E-state index in [9.17, 15) is 4.79 Å². The van der Waals surface area contributed by atoms with Crippen molar-refractivity contribution in [2.24, 2.45) is 0 Å². The molecule has 1 aromatic carbocycles. The van der Waals surface area contributed by atoms with Gasteiger partial charge in [0.1, 0.15) is 5.65 Å². The first-order valence-electron chi connectivity index (χ1n) is 5.47. The summed E-state index contributed by atoms with van der Waals surface area (Å²) < 4.78 is 2.93. The van der Waals surface area contributed by atoms with Gasteiger partial charge in [0, 0.05) is 21.8 Å². The van der Waals surface area contributed by atoms with Gasteiger partial charge in [-0.1, -0.05) is 24.3 Å². The monoisotopic (exact) mass is 300 g/mol. The third-order valence-corrected chi connectivity index (χ3v) is 3.30. The Morgan fingerprint density at radius 1 is 1.17 bits per heavy atom. The second kappa shape index (κ2) is 4.38. The molecule has 0 saturated carbocycles. The van der Waals surface area contributed by atoms with Crippen molar-refractivity contribution < 1.29 is 4.79 Å². The molecule has 4 heteroatoms. The lowest BCUT2D eigenvalue weighted by Gasteiger charge is -2.04. The second-order valence-corrected chi connectivity index (χ2v) is 4.84. The van der Waals surface area contributed by atoms with Crippen LogP contribution in [0.25, 0.3) is 16.9 Å². The number of aldehydes is 1. The summed E-state index contributed by atoms with van der Waals surface area (Å²) in [6.45, 7) is 0. The summed E-state index contributed by atoms with van der Waals surface area (Å²) >= 11 is 3.44. The molecule has 3 rings (SSSR count). The van der Waals surface area contributed by atoms with E-state index in [1.165, 1.54) is 0 Å². The van der Waals surface area contributed by atoms with Crippen LogP contribution in [-0.4, -0.2) is 15.7 Å². The molecule has 0 radical (unpaired) electrons. The Hall–Kier alpha value is -1.94. The Labute approximate surface area is 112 Å². The molecule has 0 saturated heterocycles. The van der Waals surface area contributed by atoms with Crippen LogP contribution in [-0.2, 0) is 0 Å². The molecular weight excluding hydrogens is 292 g/mol. The van der Waals surface area contributed by atoms with Crippen molar-refractivity contribution in [3.8, 4) is 11.3 Å². The number of hydrogen-bond acceptors (Lipinski definition) is 2. The zero-order valence-electron chi connectivity index (χ0n) is 9.38. The van der Waals surface area contributed by atoms with Gasteiger partial charge in [-0.3, -0.25) is 9.20 Å². The van der Waals surface area contributed by atoms with Gasteiger partial charge in [-0.15, -0.1) is 0 Å². The molecule has 0 unspecified atom stereocenters. The van der Waals surface area contributed by atoms with E-state index >= 15 is 0 Å². The fourth-order valence-electron chi connectivity index (χ4n) is 1.99. The number of carbonyl (C=O) groups excluding carboxylic acids is 1. The lowest BCUT2D eigenvalue weighted by molar-refractivity contribution is 0.112. The van der Waals surface area contributed by atoms with Crippen molar-refractivity contribution in [1.82, 2.24) is 9.38 Å². The van der Waals surface area contributed by atoms with Crippen LogP contribution in [0.15, 0.2) is 53.3 Å². The van der Waals surface area contributed by atoms with Gasteiger partial charge in [0.2, 0.25) is 0 Å². The average molecular weight is 301 g/mol. The topological polar surface area (TPSA) is 34.4 Å². The molecule has 0 bridgehead atoms. The molecule has 2 aromatic heterocycles. The summed E-state index contributed by atoms with van der Waals surface area (Å²) in [5.74, 6) is 0. The number of fused-ring (bicyclic) bond motifs is 1. The van der Waals surface area contributed by atoms with Crippen LogP contribution >= 0.6 is 15.9 Å². The summed E-state index contributed by atoms with van der Waals surface area (Å²) in [6.07, 6.45) is 4.59. The maximum absolute atomic E-state index is 11.1. The molecule has 2 heterocycles. The van der Waals surface area contributed by atoms with Gasteiger partial charge < -0.3 is 0 Å². The van der Waals surface area contributed by atoms with Gasteiger partial charge in [0.25, 0.3) is 0 Å². The third kappa shape index (κ3) is 1.75. The van der Waals surface area contributed by atoms with Crippen LogP contribution in [0, 0.1) is 0 Å². The molecule has 0 atom stereocenters. The minimum Gasteiger partial charge on any atom is -0.299 e. The third-order valence-electron chi connectivity index (χ3n) is 2.83. The highest BCUT2D eigenvalue weighted by molar-refractivity contribution is 9.10. The molecule has 0 N–H and O–H groups in total. The first-order chi connectivity index (χ1) is 8.79. The van der Waals surface area contributed by atoms with Crippen molar-refractivity contribution >= 4 is 27.9 Å². The predicted molar refractivity (Wildman–Crippen MR) is 73.7 cm³/mol. The SMILES string of the molecule is O=Cc1ccccc1-c1cnc2ccc(Br)cn12. The van der Waals surface area contributed by atoms with Crippen LogP contribution in [0.5, 0.6) is 0 Å². The number of pyridine rings is 1. The van der Waals surface area contributed by atoms with Crippen molar-refractivity contribution in [3.63, 3.8) is 0 Å². The van der Waals surface area contributed by atoms with Crippen LogP contribution in [0.2, 0.25) is 0 Å². The van der Waals surface area contributed by atoms with E-state index in [4.69, 9.17) is 0 Å². The van der Waals surface area contributed by atoms with Gasteiger partial charge in [-0.2, -0.15) is 0 Å². The Morgan fingerprint density at radius 2 is 2.00 bits per heavy atom. The quantitative estimate of drug-likeness (QED) is 0.678. The first-order valence-corrected chi connectivity index (χ1v) is 6.26. The van der Waals surface area contributed by atoms with Crippen LogP contribution in [0.3, 0.4) is 0 Å². The van der Waals surface area contributed by atoms with Crippen molar-refractivity contribution in [2.45, 2.75) is 0 Å². The van der Waals surface area contributed by atoms with Gasteiger partial charge in [-0.25, -0.2) is 4.98 Å². The number of rotatable bonds is 2. The van der Waals surface area contributed by atoms with Gasteiger partial charge in [-0.05, 0) is 28.1 Å². The summed E-state index contributed by atoms with van der Waals surface area (Å²) in [5, 5.41) is 0. The van der Waals surface area contributed by atoms with E-state index in [2.05, 4.69) is 20.9 Å². The highest BCUT2D eigenvalue weighted by Crippen LogP contribution is 2.24. The number of carbonyl (C=O) groups is 1. The molecule has 0 aliphatic carbocycles. The molecule has 0 fully saturated rings. The summed E-state index contributed by atoms with van der Waals surface area (Å²) in [6, 6.07) is 11.4. The molecule has 3 aromatic rings. The lowest BCUT2D eigenvalue weighted by Crippen LogP contribution is -1.92. The van der Waals surface area contributed by atoms with Crippen LogP contribution in [0.1, 0.15) is 10.4 Å². The molecule has 88 valence electrons.